The zero-order valence-electron chi connectivity index (χ0n) is 16.3. The number of methoxy groups -OCH3 is 1. The molecule has 0 atom stereocenters. The van der Waals surface area contributed by atoms with Crippen molar-refractivity contribution in [2.24, 2.45) is 0 Å². The van der Waals surface area contributed by atoms with Crippen LogP contribution in [0, 0.1) is 0 Å². The highest BCUT2D eigenvalue weighted by Crippen LogP contribution is 2.35. The van der Waals surface area contributed by atoms with Crippen LogP contribution in [0.3, 0.4) is 0 Å². The Bertz CT molecular complexity index is 1060. The van der Waals surface area contributed by atoms with Gasteiger partial charge in [0.2, 0.25) is 5.82 Å². The molecule has 0 saturated carbocycles. The summed E-state index contributed by atoms with van der Waals surface area (Å²) in [6, 6.07) is 13.2. The zero-order valence-corrected chi connectivity index (χ0v) is 16.3. The van der Waals surface area contributed by atoms with Crippen LogP contribution in [-0.2, 0) is 4.79 Å². The molecule has 0 fully saturated rings. The molecule has 7 nitrogen and oxygen atoms in total. The van der Waals surface area contributed by atoms with Crippen molar-refractivity contribution in [3.05, 3.63) is 53.9 Å². The van der Waals surface area contributed by atoms with Crippen molar-refractivity contribution in [3.63, 3.8) is 0 Å². The molecule has 0 bridgehead atoms. The summed E-state index contributed by atoms with van der Waals surface area (Å²) in [5, 5.41) is 4.07. The quantitative estimate of drug-likeness (QED) is 0.631. The molecule has 29 heavy (non-hydrogen) atoms. The fraction of sp³-hybridized carbons (Fsp3) is 0.227. The fourth-order valence-corrected chi connectivity index (χ4v) is 3.20. The second kappa shape index (κ2) is 8.18. The van der Waals surface area contributed by atoms with Crippen LogP contribution in [0.2, 0.25) is 0 Å². The molecule has 1 aliphatic heterocycles. The van der Waals surface area contributed by atoms with Crippen LogP contribution < -0.4 is 14.4 Å². The molecular weight excluding hydrogens is 370 g/mol. The monoisotopic (exact) mass is 391 g/mol. The topological polar surface area (TPSA) is 77.7 Å². The Labute approximate surface area is 168 Å². The fourth-order valence-electron chi connectivity index (χ4n) is 3.20. The second-order valence-electron chi connectivity index (χ2n) is 6.55. The molecule has 0 spiro atoms. The van der Waals surface area contributed by atoms with Gasteiger partial charge >= 0.3 is 0 Å². The molecule has 148 valence electrons. The van der Waals surface area contributed by atoms with Crippen LogP contribution in [0.15, 0.2) is 47.0 Å². The van der Waals surface area contributed by atoms with Gasteiger partial charge < -0.3 is 18.9 Å². The Kier molecular flexibility index (Phi) is 5.29. The van der Waals surface area contributed by atoms with Crippen molar-refractivity contribution in [2.75, 3.05) is 25.2 Å². The molecule has 1 aliphatic rings. The molecule has 0 unspecified atom stereocenters. The lowest BCUT2D eigenvalue weighted by molar-refractivity contribution is -0.121. The number of carbonyl (C=O) groups is 1. The molecule has 3 aromatic rings. The molecule has 0 aliphatic carbocycles. The number of anilines is 1. The third kappa shape index (κ3) is 3.85. The minimum Gasteiger partial charge on any atom is -0.496 e. The van der Waals surface area contributed by atoms with Crippen molar-refractivity contribution < 1.29 is 18.8 Å². The Balaban J connectivity index is 1.60. The summed E-state index contributed by atoms with van der Waals surface area (Å²) in [6.45, 7) is 2.73. The van der Waals surface area contributed by atoms with Crippen LogP contribution in [0.4, 0.5) is 5.69 Å². The van der Waals surface area contributed by atoms with Crippen LogP contribution in [0.1, 0.15) is 24.8 Å². The third-order valence-electron chi connectivity index (χ3n) is 4.59. The highest BCUT2D eigenvalue weighted by molar-refractivity contribution is 5.98. The van der Waals surface area contributed by atoms with Crippen LogP contribution >= 0.6 is 0 Å². The highest BCUT2D eigenvalue weighted by Gasteiger charge is 2.25. The summed E-state index contributed by atoms with van der Waals surface area (Å²) in [5.74, 6) is 2.22. The summed E-state index contributed by atoms with van der Waals surface area (Å²) < 4.78 is 16.2. The lowest BCUT2D eigenvalue weighted by Crippen LogP contribution is -2.39. The molecule has 4 rings (SSSR count). The maximum Gasteiger partial charge on any atom is 0.265 e. The van der Waals surface area contributed by atoms with Gasteiger partial charge in [0, 0.05) is 23.7 Å². The van der Waals surface area contributed by atoms with E-state index >= 15 is 0 Å². The van der Waals surface area contributed by atoms with Gasteiger partial charge in [-0.15, -0.1) is 0 Å². The predicted octanol–water partition coefficient (Wildman–Crippen LogP) is 4.05. The SMILES string of the molecule is CCCN1C(=O)COc2ccc(-c3noc(/C=C/c4ccccc4OC)n3)cc21. The standard InChI is InChI=1S/C22H21N3O4/c1-3-12-25-17-13-16(8-10-19(17)28-14-21(25)26)22-23-20(29-24-22)11-9-15-6-4-5-7-18(15)27-2/h4-11,13H,3,12,14H2,1-2H3/b11-9+. The number of amides is 1. The number of ether oxygens (including phenoxy) is 2. The van der Waals surface area contributed by atoms with Crippen LogP contribution in [-0.4, -0.2) is 36.3 Å². The average molecular weight is 391 g/mol. The summed E-state index contributed by atoms with van der Waals surface area (Å²) >= 11 is 0. The van der Waals surface area contributed by atoms with E-state index in [9.17, 15) is 4.79 Å². The number of para-hydroxylation sites is 1. The number of fused-ring (bicyclic) bond motifs is 1. The minimum absolute atomic E-state index is 0.0509. The minimum atomic E-state index is -0.0509. The normalized spacial score (nSPS) is 13.4. The van der Waals surface area contributed by atoms with E-state index in [-0.39, 0.29) is 12.5 Å². The Hall–Kier alpha value is -3.61. The van der Waals surface area contributed by atoms with E-state index in [0.717, 1.165) is 29.0 Å². The number of carbonyl (C=O) groups excluding carboxylic acids is 1. The smallest absolute Gasteiger partial charge is 0.265 e. The van der Waals surface area contributed by atoms with E-state index < -0.39 is 0 Å². The van der Waals surface area contributed by atoms with E-state index in [1.54, 1.807) is 18.1 Å². The maximum atomic E-state index is 12.2. The lowest BCUT2D eigenvalue weighted by atomic mass is 10.1. The molecule has 7 heteroatoms. The van der Waals surface area contributed by atoms with E-state index in [4.69, 9.17) is 14.0 Å². The number of rotatable bonds is 6. The van der Waals surface area contributed by atoms with Gasteiger partial charge in [0.25, 0.3) is 11.8 Å². The predicted molar refractivity (Wildman–Crippen MR) is 110 cm³/mol. The summed E-state index contributed by atoms with van der Waals surface area (Å²) in [4.78, 5) is 18.4. The van der Waals surface area contributed by atoms with Crippen molar-refractivity contribution in [3.8, 4) is 22.9 Å². The highest BCUT2D eigenvalue weighted by atomic mass is 16.5. The molecule has 0 saturated heterocycles. The third-order valence-corrected chi connectivity index (χ3v) is 4.59. The maximum absolute atomic E-state index is 12.2. The van der Waals surface area contributed by atoms with Gasteiger partial charge in [-0.25, -0.2) is 0 Å². The zero-order chi connectivity index (χ0) is 20.2. The van der Waals surface area contributed by atoms with Gasteiger partial charge in [-0.05, 0) is 36.8 Å². The average Bonchev–Trinajstić information content (AvgIpc) is 3.23. The summed E-state index contributed by atoms with van der Waals surface area (Å²) in [5.41, 5.74) is 2.40. The van der Waals surface area contributed by atoms with Crippen molar-refractivity contribution in [2.45, 2.75) is 13.3 Å². The van der Waals surface area contributed by atoms with Crippen LogP contribution in [0.5, 0.6) is 11.5 Å². The first-order valence-electron chi connectivity index (χ1n) is 9.42. The van der Waals surface area contributed by atoms with E-state index in [1.807, 2.05) is 55.5 Å². The molecular formula is C22H21N3O4. The van der Waals surface area contributed by atoms with E-state index in [2.05, 4.69) is 10.1 Å². The Morgan fingerprint density at radius 3 is 2.90 bits per heavy atom. The number of benzene rings is 2. The summed E-state index contributed by atoms with van der Waals surface area (Å²) in [7, 11) is 1.63. The number of hydrogen-bond acceptors (Lipinski definition) is 6. The molecule has 1 amide bonds. The molecule has 2 heterocycles. The Morgan fingerprint density at radius 2 is 2.07 bits per heavy atom. The van der Waals surface area contributed by atoms with Gasteiger partial charge in [-0.2, -0.15) is 4.98 Å². The van der Waals surface area contributed by atoms with E-state index in [0.29, 0.717) is 24.0 Å². The number of hydrogen-bond donors (Lipinski definition) is 0. The number of nitrogens with zero attached hydrogens (tertiary/aromatic N) is 3. The van der Waals surface area contributed by atoms with Gasteiger partial charge in [0.15, 0.2) is 6.61 Å². The number of aromatic nitrogens is 2. The van der Waals surface area contributed by atoms with Crippen molar-refractivity contribution in [1.82, 2.24) is 10.1 Å². The molecule has 0 N–H and O–H groups in total. The van der Waals surface area contributed by atoms with Gasteiger partial charge in [0.1, 0.15) is 11.5 Å². The Morgan fingerprint density at radius 1 is 1.21 bits per heavy atom. The lowest BCUT2D eigenvalue weighted by Gasteiger charge is -2.29. The van der Waals surface area contributed by atoms with Crippen molar-refractivity contribution in [1.29, 1.82) is 0 Å². The van der Waals surface area contributed by atoms with Crippen LogP contribution in [0.25, 0.3) is 23.5 Å². The van der Waals surface area contributed by atoms with Gasteiger partial charge in [0.05, 0.1) is 12.8 Å². The molecule has 2 aromatic carbocycles. The first-order valence-corrected chi connectivity index (χ1v) is 9.42. The van der Waals surface area contributed by atoms with E-state index in [1.165, 1.54) is 0 Å². The van der Waals surface area contributed by atoms with Gasteiger partial charge in [-0.3, -0.25) is 4.79 Å². The largest absolute Gasteiger partial charge is 0.496 e. The first-order chi connectivity index (χ1) is 14.2. The van der Waals surface area contributed by atoms with Gasteiger partial charge in [-0.1, -0.05) is 30.3 Å². The van der Waals surface area contributed by atoms with Crippen molar-refractivity contribution >= 4 is 23.7 Å². The second-order valence-corrected chi connectivity index (χ2v) is 6.55. The molecule has 0 radical (unpaired) electrons. The summed E-state index contributed by atoms with van der Waals surface area (Å²) in [6.07, 6.45) is 4.46. The first kappa shape index (κ1) is 18.7. The molecule has 1 aromatic heterocycles.